The molecule has 1 aromatic carbocycles. The second kappa shape index (κ2) is 5.80. The number of hydrogen-bond donors (Lipinski definition) is 2. The van der Waals surface area contributed by atoms with Crippen LogP contribution in [0.2, 0.25) is 0 Å². The predicted octanol–water partition coefficient (Wildman–Crippen LogP) is 3.04. The summed E-state index contributed by atoms with van der Waals surface area (Å²) in [6.07, 6.45) is 5.32. The molecule has 3 N–H and O–H groups in total. The molecule has 2 aliphatic rings. The molecule has 1 atom stereocenters. The lowest BCUT2D eigenvalue weighted by molar-refractivity contribution is -0.118. The standard InChI is InChI=1S/C17H24N2O3/c1-11(2)15(18)16(20)19-12-6-7-13-14(10-12)22-17(21-13)8-4-3-5-9-17/h6-7,10-11,15H,3-5,8-9,18H2,1-2H3,(H,19,20)/t15-/m0/s1. The van der Waals surface area contributed by atoms with Gasteiger partial charge < -0.3 is 20.5 Å². The van der Waals surface area contributed by atoms with Crippen molar-refractivity contribution < 1.29 is 14.3 Å². The van der Waals surface area contributed by atoms with Gasteiger partial charge in [-0.25, -0.2) is 0 Å². The summed E-state index contributed by atoms with van der Waals surface area (Å²) in [5.74, 6) is 0.893. The molecule has 5 heteroatoms. The maximum atomic E-state index is 12.0. The van der Waals surface area contributed by atoms with Crippen molar-refractivity contribution in [2.75, 3.05) is 5.32 Å². The number of nitrogens with two attached hydrogens (primary N) is 1. The summed E-state index contributed by atoms with van der Waals surface area (Å²) in [5.41, 5.74) is 6.56. The topological polar surface area (TPSA) is 73.6 Å². The van der Waals surface area contributed by atoms with Gasteiger partial charge in [0.2, 0.25) is 5.91 Å². The number of nitrogens with one attached hydrogen (secondary N) is 1. The molecule has 0 unspecified atom stereocenters. The predicted molar refractivity (Wildman–Crippen MR) is 85.0 cm³/mol. The van der Waals surface area contributed by atoms with Crippen molar-refractivity contribution in [3.8, 4) is 11.5 Å². The van der Waals surface area contributed by atoms with Gasteiger partial charge in [0.15, 0.2) is 11.5 Å². The van der Waals surface area contributed by atoms with E-state index in [0.29, 0.717) is 11.4 Å². The monoisotopic (exact) mass is 304 g/mol. The Bertz CT molecular complexity index is 565. The van der Waals surface area contributed by atoms with Crippen LogP contribution in [0, 0.1) is 5.92 Å². The Morgan fingerprint density at radius 3 is 2.55 bits per heavy atom. The molecule has 1 amide bonds. The highest BCUT2D eigenvalue weighted by atomic mass is 16.7. The first-order valence-corrected chi connectivity index (χ1v) is 8.08. The van der Waals surface area contributed by atoms with E-state index < -0.39 is 11.8 Å². The number of rotatable bonds is 3. The molecule has 0 radical (unpaired) electrons. The Labute approximate surface area is 131 Å². The van der Waals surface area contributed by atoms with E-state index in [4.69, 9.17) is 15.2 Å². The number of amides is 1. The highest BCUT2D eigenvalue weighted by Crippen LogP contribution is 2.46. The molecule has 1 saturated carbocycles. The molecule has 5 nitrogen and oxygen atoms in total. The van der Waals surface area contributed by atoms with E-state index in [0.717, 1.165) is 31.4 Å². The van der Waals surface area contributed by atoms with Gasteiger partial charge >= 0.3 is 0 Å². The van der Waals surface area contributed by atoms with Crippen LogP contribution < -0.4 is 20.5 Å². The Balaban J connectivity index is 1.71. The average molecular weight is 304 g/mol. The summed E-state index contributed by atoms with van der Waals surface area (Å²) in [4.78, 5) is 12.0. The van der Waals surface area contributed by atoms with Gasteiger partial charge in [-0.15, -0.1) is 0 Å². The summed E-state index contributed by atoms with van der Waals surface area (Å²) >= 11 is 0. The molecule has 1 fully saturated rings. The lowest BCUT2D eigenvalue weighted by Crippen LogP contribution is -2.40. The van der Waals surface area contributed by atoms with Gasteiger partial charge in [-0.1, -0.05) is 20.3 Å². The van der Waals surface area contributed by atoms with Crippen molar-refractivity contribution in [3.63, 3.8) is 0 Å². The molecule has 1 aromatic rings. The SMILES string of the molecule is CC(C)[C@H](N)C(=O)Nc1ccc2c(c1)OC1(CCCCC1)O2. The van der Waals surface area contributed by atoms with Crippen LogP contribution in [0.5, 0.6) is 11.5 Å². The maximum absolute atomic E-state index is 12.0. The molecular formula is C17H24N2O3. The van der Waals surface area contributed by atoms with E-state index in [1.54, 1.807) is 0 Å². The number of carbonyl (C=O) groups excluding carboxylic acids is 1. The highest BCUT2D eigenvalue weighted by molar-refractivity contribution is 5.95. The quantitative estimate of drug-likeness (QED) is 0.900. The molecule has 0 saturated heterocycles. The van der Waals surface area contributed by atoms with Gasteiger partial charge in [-0.05, 0) is 30.9 Å². The van der Waals surface area contributed by atoms with E-state index >= 15 is 0 Å². The molecule has 1 aliphatic heterocycles. The van der Waals surface area contributed by atoms with Crippen LogP contribution in [0.4, 0.5) is 5.69 Å². The number of hydrogen-bond acceptors (Lipinski definition) is 4. The zero-order valence-corrected chi connectivity index (χ0v) is 13.2. The maximum Gasteiger partial charge on any atom is 0.251 e. The van der Waals surface area contributed by atoms with Gasteiger partial charge in [-0.3, -0.25) is 4.79 Å². The first kappa shape index (κ1) is 15.2. The summed E-state index contributed by atoms with van der Waals surface area (Å²) < 4.78 is 12.1. The zero-order chi connectivity index (χ0) is 15.7. The van der Waals surface area contributed by atoms with E-state index in [1.165, 1.54) is 6.42 Å². The van der Waals surface area contributed by atoms with Crippen LogP contribution in [0.15, 0.2) is 18.2 Å². The number of anilines is 1. The first-order valence-electron chi connectivity index (χ1n) is 8.08. The molecule has 1 spiro atoms. The lowest BCUT2D eigenvalue weighted by atomic mass is 9.94. The minimum Gasteiger partial charge on any atom is -0.448 e. The molecule has 0 aromatic heterocycles. The fraction of sp³-hybridized carbons (Fsp3) is 0.588. The van der Waals surface area contributed by atoms with Gasteiger partial charge in [0.05, 0.1) is 6.04 Å². The molecule has 120 valence electrons. The van der Waals surface area contributed by atoms with Crippen LogP contribution in [-0.2, 0) is 4.79 Å². The lowest BCUT2D eigenvalue weighted by Gasteiger charge is -2.31. The minimum atomic E-state index is -0.518. The fourth-order valence-electron chi connectivity index (χ4n) is 2.99. The Kier molecular flexibility index (Phi) is 4.00. The summed E-state index contributed by atoms with van der Waals surface area (Å²) in [6, 6.07) is 4.99. The van der Waals surface area contributed by atoms with Gasteiger partial charge in [0, 0.05) is 24.6 Å². The largest absolute Gasteiger partial charge is 0.448 e. The van der Waals surface area contributed by atoms with Crippen molar-refractivity contribution in [1.82, 2.24) is 0 Å². The zero-order valence-electron chi connectivity index (χ0n) is 13.2. The fourth-order valence-corrected chi connectivity index (χ4v) is 2.99. The smallest absolute Gasteiger partial charge is 0.251 e. The van der Waals surface area contributed by atoms with Crippen molar-refractivity contribution in [2.45, 2.75) is 57.8 Å². The van der Waals surface area contributed by atoms with Crippen molar-refractivity contribution in [2.24, 2.45) is 11.7 Å². The summed E-state index contributed by atoms with van der Waals surface area (Å²) in [6.45, 7) is 3.85. The van der Waals surface area contributed by atoms with E-state index in [1.807, 2.05) is 32.0 Å². The number of ether oxygens (including phenoxy) is 2. The highest BCUT2D eigenvalue weighted by Gasteiger charge is 2.42. The molecule has 22 heavy (non-hydrogen) atoms. The molecule has 0 bridgehead atoms. The van der Waals surface area contributed by atoms with Crippen LogP contribution in [0.3, 0.4) is 0 Å². The number of benzene rings is 1. The molecule has 1 aliphatic carbocycles. The third-order valence-electron chi connectivity index (χ3n) is 4.44. The van der Waals surface area contributed by atoms with Crippen LogP contribution in [0.1, 0.15) is 46.0 Å². The second-order valence-corrected chi connectivity index (χ2v) is 6.60. The summed E-state index contributed by atoms with van der Waals surface area (Å²) in [7, 11) is 0. The van der Waals surface area contributed by atoms with Crippen molar-refractivity contribution >= 4 is 11.6 Å². The Morgan fingerprint density at radius 1 is 1.18 bits per heavy atom. The first-order chi connectivity index (χ1) is 10.5. The van der Waals surface area contributed by atoms with E-state index in [-0.39, 0.29) is 11.8 Å². The average Bonchev–Trinajstić information content (AvgIpc) is 2.83. The third kappa shape index (κ3) is 2.90. The third-order valence-corrected chi connectivity index (χ3v) is 4.44. The Hall–Kier alpha value is -1.75. The van der Waals surface area contributed by atoms with Crippen LogP contribution >= 0.6 is 0 Å². The van der Waals surface area contributed by atoms with Crippen molar-refractivity contribution in [1.29, 1.82) is 0 Å². The van der Waals surface area contributed by atoms with Gasteiger partial charge in [-0.2, -0.15) is 0 Å². The minimum absolute atomic E-state index is 0.0968. The molecular weight excluding hydrogens is 280 g/mol. The Morgan fingerprint density at radius 2 is 1.86 bits per heavy atom. The number of fused-ring (bicyclic) bond motifs is 1. The van der Waals surface area contributed by atoms with Crippen molar-refractivity contribution in [3.05, 3.63) is 18.2 Å². The number of carbonyl (C=O) groups is 1. The van der Waals surface area contributed by atoms with E-state index in [9.17, 15) is 4.79 Å². The molecule has 3 rings (SSSR count). The van der Waals surface area contributed by atoms with E-state index in [2.05, 4.69) is 5.32 Å². The van der Waals surface area contributed by atoms with Crippen LogP contribution in [0.25, 0.3) is 0 Å². The van der Waals surface area contributed by atoms with Crippen LogP contribution in [-0.4, -0.2) is 17.7 Å². The van der Waals surface area contributed by atoms with Gasteiger partial charge in [0.1, 0.15) is 0 Å². The normalized spacial score (nSPS) is 20.2. The summed E-state index contributed by atoms with van der Waals surface area (Å²) in [5, 5.41) is 2.84. The molecule has 1 heterocycles. The van der Waals surface area contributed by atoms with Gasteiger partial charge in [0.25, 0.3) is 5.79 Å². The second-order valence-electron chi connectivity index (χ2n) is 6.60.